The van der Waals surface area contributed by atoms with Gasteiger partial charge in [-0.15, -0.1) is 0 Å². The van der Waals surface area contributed by atoms with Crippen LogP contribution in [0.4, 0.5) is 11.4 Å². The monoisotopic (exact) mass is 385 g/mol. The van der Waals surface area contributed by atoms with Crippen LogP contribution < -0.4 is 15.5 Å². The summed E-state index contributed by atoms with van der Waals surface area (Å²) in [7, 11) is 0. The number of hydrogen-bond acceptors (Lipinski definition) is 3. The third-order valence-electron chi connectivity index (χ3n) is 4.60. The van der Waals surface area contributed by atoms with Gasteiger partial charge in [-0.25, -0.2) is 0 Å². The molecule has 1 aliphatic rings. The summed E-state index contributed by atoms with van der Waals surface area (Å²) >= 11 is 6.13. The molecule has 2 amide bonds. The summed E-state index contributed by atoms with van der Waals surface area (Å²) < 4.78 is 0. The topological polar surface area (TPSA) is 61.4 Å². The Morgan fingerprint density at radius 3 is 2.48 bits per heavy atom. The van der Waals surface area contributed by atoms with E-state index >= 15 is 0 Å². The minimum atomic E-state index is -0.180. The van der Waals surface area contributed by atoms with Gasteiger partial charge in [0.2, 0.25) is 5.91 Å². The molecule has 2 aromatic rings. The number of amides is 2. The maximum atomic E-state index is 12.4. The fraction of sp³-hybridized carbons (Fsp3) is 0.333. The van der Waals surface area contributed by atoms with E-state index in [4.69, 9.17) is 11.6 Å². The second-order valence-corrected chi connectivity index (χ2v) is 7.07. The summed E-state index contributed by atoms with van der Waals surface area (Å²) in [6.45, 7) is 2.24. The largest absolute Gasteiger partial charge is 0.370 e. The van der Waals surface area contributed by atoms with Crippen LogP contribution in [0.5, 0.6) is 0 Å². The zero-order valence-electron chi connectivity index (χ0n) is 15.2. The van der Waals surface area contributed by atoms with Crippen molar-refractivity contribution in [2.75, 3.05) is 29.9 Å². The van der Waals surface area contributed by atoms with Crippen LogP contribution in [0.2, 0.25) is 5.02 Å². The molecule has 0 unspecified atom stereocenters. The van der Waals surface area contributed by atoms with Crippen molar-refractivity contribution >= 4 is 34.8 Å². The number of carbonyl (C=O) groups is 2. The van der Waals surface area contributed by atoms with Crippen LogP contribution in [0.15, 0.2) is 48.5 Å². The van der Waals surface area contributed by atoms with Crippen molar-refractivity contribution in [3.8, 4) is 0 Å². The van der Waals surface area contributed by atoms with Gasteiger partial charge < -0.3 is 15.5 Å². The lowest BCUT2D eigenvalue weighted by Gasteiger charge is -2.30. The molecule has 5 nitrogen and oxygen atoms in total. The third kappa shape index (κ3) is 5.47. The lowest BCUT2D eigenvalue weighted by Crippen LogP contribution is -2.31. The van der Waals surface area contributed by atoms with Crippen molar-refractivity contribution in [2.45, 2.75) is 25.7 Å². The molecule has 142 valence electrons. The number of nitrogens with one attached hydrogen (secondary N) is 2. The van der Waals surface area contributed by atoms with Crippen molar-refractivity contribution in [3.63, 3.8) is 0 Å². The SMILES string of the molecule is O=C(CCNC(=O)c1ccccc1)Nc1cc(Cl)ccc1N1CCCCC1. The Morgan fingerprint density at radius 2 is 1.74 bits per heavy atom. The van der Waals surface area contributed by atoms with E-state index in [-0.39, 0.29) is 24.8 Å². The predicted molar refractivity (Wildman–Crippen MR) is 110 cm³/mol. The second-order valence-electron chi connectivity index (χ2n) is 6.63. The maximum absolute atomic E-state index is 12.4. The minimum Gasteiger partial charge on any atom is -0.370 e. The average molecular weight is 386 g/mol. The smallest absolute Gasteiger partial charge is 0.251 e. The van der Waals surface area contributed by atoms with Crippen molar-refractivity contribution in [3.05, 3.63) is 59.1 Å². The zero-order chi connectivity index (χ0) is 19.1. The highest BCUT2D eigenvalue weighted by atomic mass is 35.5. The molecule has 0 spiro atoms. The zero-order valence-corrected chi connectivity index (χ0v) is 16.0. The molecule has 0 saturated carbocycles. The van der Waals surface area contributed by atoms with E-state index in [1.807, 2.05) is 30.3 Å². The number of carbonyl (C=O) groups excluding carboxylic acids is 2. The second kappa shape index (κ2) is 9.42. The van der Waals surface area contributed by atoms with Gasteiger partial charge in [0, 0.05) is 36.6 Å². The Kier molecular flexibility index (Phi) is 6.71. The van der Waals surface area contributed by atoms with Crippen molar-refractivity contribution < 1.29 is 9.59 Å². The molecular weight excluding hydrogens is 362 g/mol. The van der Waals surface area contributed by atoms with Crippen LogP contribution >= 0.6 is 11.6 Å². The Labute approximate surface area is 164 Å². The van der Waals surface area contributed by atoms with E-state index in [9.17, 15) is 9.59 Å². The van der Waals surface area contributed by atoms with Crippen LogP contribution in [0.1, 0.15) is 36.0 Å². The van der Waals surface area contributed by atoms with Gasteiger partial charge in [0.1, 0.15) is 0 Å². The summed E-state index contributed by atoms with van der Waals surface area (Å²) in [4.78, 5) is 26.7. The summed E-state index contributed by atoms with van der Waals surface area (Å²) in [6.07, 6.45) is 3.75. The van der Waals surface area contributed by atoms with E-state index in [0.717, 1.165) is 37.3 Å². The lowest BCUT2D eigenvalue weighted by molar-refractivity contribution is -0.116. The molecule has 0 aromatic heterocycles. The molecule has 1 saturated heterocycles. The van der Waals surface area contributed by atoms with Crippen LogP contribution in [0.25, 0.3) is 0 Å². The van der Waals surface area contributed by atoms with Crippen molar-refractivity contribution in [1.82, 2.24) is 5.32 Å². The normalized spacial score (nSPS) is 13.9. The summed E-state index contributed by atoms with van der Waals surface area (Å²) in [5.41, 5.74) is 2.31. The number of nitrogens with zero attached hydrogens (tertiary/aromatic N) is 1. The standard InChI is InChI=1S/C21H24ClN3O2/c22-17-9-10-19(25-13-5-2-6-14-25)18(15-17)24-20(26)11-12-23-21(27)16-7-3-1-4-8-16/h1,3-4,7-10,15H,2,5-6,11-14H2,(H,23,27)(H,24,26). The molecular formula is C21H24ClN3O2. The van der Waals surface area contributed by atoms with Crippen molar-refractivity contribution in [1.29, 1.82) is 0 Å². The number of piperidine rings is 1. The first-order valence-corrected chi connectivity index (χ1v) is 9.69. The maximum Gasteiger partial charge on any atom is 0.251 e. The minimum absolute atomic E-state index is 0.149. The average Bonchev–Trinajstić information content (AvgIpc) is 2.69. The van der Waals surface area contributed by atoms with Crippen LogP contribution in [-0.4, -0.2) is 31.4 Å². The quantitative estimate of drug-likeness (QED) is 0.787. The van der Waals surface area contributed by atoms with Gasteiger partial charge in [-0.05, 0) is 49.6 Å². The molecule has 0 atom stereocenters. The van der Waals surface area contributed by atoms with Crippen LogP contribution in [0.3, 0.4) is 0 Å². The Morgan fingerprint density at radius 1 is 1.00 bits per heavy atom. The molecule has 27 heavy (non-hydrogen) atoms. The third-order valence-corrected chi connectivity index (χ3v) is 4.84. The number of halogens is 1. The van der Waals surface area contributed by atoms with Gasteiger partial charge in [-0.1, -0.05) is 29.8 Å². The van der Waals surface area contributed by atoms with Gasteiger partial charge in [0.05, 0.1) is 11.4 Å². The first kappa shape index (κ1) is 19.2. The molecule has 1 aliphatic heterocycles. The highest BCUT2D eigenvalue weighted by Gasteiger charge is 2.16. The summed E-state index contributed by atoms with van der Waals surface area (Å²) in [6, 6.07) is 14.5. The molecule has 0 aliphatic carbocycles. The van der Waals surface area contributed by atoms with E-state index in [2.05, 4.69) is 15.5 Å². The molecule has 6 heteroatoms. The van der Waals surface area contributed by atoms with Crippen LogP contribution in [-0.2, 0) is 4.79 Å². The number of hydrogen-bond donors (Lipinski definition) is 2. The number of benzene rings is 2. The predicted octanol–water partition coefficient (Wildman–Crippen LogP) is 4.09. The first-order valence-electron chi connectivity index (χ1n) is 9.31. The van der Waals surface area contributed by atoms with Gasteiger partial charge in [0.25, 0.3) is 5.91 Å². The van der Waals surface area contributed by atoms with E-state index in [1.54, 1.807) is 18.2 Å². The number of anilines is 2. The van der Waals surface area contributed by atoms with Crippen LogP contribution in [0, 0.1) is 0 Å². The Balaban J connectivity index is 1.56. The van der Waals surface area contributed by atoms with Gasteiger partial charge in [0.15, 0.2) is 0 Å². The van der Waals surface area contributed by atoms with E-state index < -0.39 is 0 Å². The van der Waals surface area contributed by atoms with Gasteiger partial charge in [-0.2, -0.15) is 0 Å². The lowest BCUT2D eigenvalue weighted by atomic mass is 10.1. The fourth-order valence-electron chi connectivity index (χ4n) is 3.21. The first-order chi connectivity index (χ1) is 13.1. The molecule has 1 fully saturated rings. The van der Waals surface area contributed by atoms with Gasteiger partial charge >= 0.3 is 0 Å². The molecule has 0 radical (unpaired) electrons. The molecule has 3 rings (SSSR count). The Hall–Kier alpha value is -2.53. The summed E-state index contributed by atoms with van der Waals surface area (Å²) in [5.74, 6) is -0.330. The fourth-order valence-corrected chi connectivity index (χ4v) is 3.38. The molecule has 1 heterocycles. The van der Waals surface area contributed by atoms with E-state index in [0.29, 0.717) is 10.6 Å². The summed E-state index contributed by atoms with van der Waals surface area (Å²) in [5, 5.41) is 6.30. The van der Waals surface area contributed by atoms with E-state index in [1.165, 1.54) is 6.42 Å². The Bertz CT molecular complexity index is 789. The molecule has 0 bridgehead atoms. The van der Waals surface area contributed by atoms with Gasteiger partial charge in [-0.3, -0.25) is 9.59 Å². The highest BCUT2D eigenvalue weighted by Crippen LogP contribution is 2.31. The molecule has 2 N–H and O–H groups in total. The highest BCUT2D eigenvalue weighted by molar-refractivity contribution is 6.31. The van der Waals surface area contributed by atoms with Crippen molar-refractivity contribution in [2.24, 2.45) is 0 Å². The number of rotatable bonds is 6. The molecule has 2 aromatic carbocycles.